The molecule has 0 spiro atoms. The van der Waals surface area contributed by atoms with Gasteiger partial charge in [-0.15, -0.1) is 0 Å². The van der Waals surface area contributed by atoms with Crippen molar-refractivity contribution in [2.24, 2.45) is 0 Å². The van der Waals surface area contributed by atoms with Crippen LogP contribution in [0.2, 0.25) is 0 Å². The molecular weight excluding hydrogens is 342 g/mol. The van der Waals surface area contributed by atoms with Crippen molar-refractivity contribution in [1.82, 2.24) is 24.2 Å². The molecule has 1 amide bonds. The Labute approximate surface area is 159 Å². The van der Waals surface area contributed by atoms with Gasteiger partial charge in [-0.05, 0) is 40.0 Å². The third kappa shape index (κ3) is 3.19. The van der Waals surface area contributed by atoms with Crippen molar-refractivity contribution in [3.8, 4) is 0 Å². The molecule has 2 aromatic rings. The molecule has 0 aliphatic carbocycles. The minimum atomic E-state index is -0.111. The molecule has 1 saturated heterocycles. The topological polar surface area (TPSA) is 73.0 Å². The number of piperidine rings is 1. The van der Waals surface area contributed by atoms with Crippen LogP contribution in [0.15, 0.2) is 17.2 Å². The van der Waals surface area contributed by atoms with Gasteiger partial charge in [0, 0.05) is 55.5 Å². The number of nitrogens with zero attached hydrogens (tertiary/aromatic N) is 5. The minimum absolute atomic E-state index is 0.0299. The highest BCUT2D eigenvalue weighted by Crippen LogP contribution is 2.31. The standard InChI is InChI=1S/C20H27N5O2/c1-13(2)25-12-16(10-21-25)20(27)23-8-4-6-15(11-23)18-14(3)19(26)22-17-7-5-9-24(17)18/h10,12-13,15H,4-9,11H2,1-3H3/t15-/m0/s1. The highest BCUT2D eigenvalue weighted by molar-refractivity contribution is 5.93. The molecule has 7 heteroatoms. The summed E-state index contributed by atoms with van der Waals surface area (Å²) in [6.45, 7) is 8.29. The van der Waals surface area contributed by atoms with E-state index in [1.165, 1.54) is 0 Å². The van der Waals surface area contributed by atoms with E-state index in [1.54, 1.807) is 6.20 Å². The van der Waals surface area contributed by atoms with E-state index < -0.39 is 0 Å². The van der Waals surface area contributed by atoms with Crippen LogP contribution in [0.5, 0.6) is 0 Å². The van der Waals surface area contributed by atoms with Gasteiger partial charge in [-0.3, -0.25) is 14.3 Å². The van der Waals surface area contributed by atoms with Gasteiger partial charge >= 0.3 is 0 Å². The molecule has 1 atom stereocenters. The minimum Gasteiger partial charge on any atom is -0.338 e. The number of fused-ring (bicyclic) bond motifs is 1. The number of carbonyl (C=O) groups excluding carboxylic acids is 1. The predicted molar refractivity (Wildman–Crippen MR) is 102 cm³/mol. The summed E-state index contributed by atoms with van der Waals surface area (Å²) in [6, 6.07) is 0.231. The molecule has 0 radical (unpaired) electrons. The number of hydrogen-bond donors (Lipinski definition) is 0. The summed E-state index contributed by atoms with van der Waals surface area (Å²) in [7, 11) is 0. The third-order valence-electron chi connectivity index (χ3n) is 5.79. The van der Waals surface area contributed by atoms with E-state index in [2.05, 4.69) is 14.6 Å². The Kier molecular flexibility index (Phi) is 4.61. The van der Waals surface area contributed by atoms with Gasteiger partial charge < -0.3 is 9.47 Å². The summed E-state index contributed by atoms with van der Waals surface area (Å²) in [5.74, 6) is 1.12. The van der Waals surface area contributed by atoms with Crippen LogP contribution in [0.4, 0.5) is 0 Å². The molecule has 0 saturated carbocycles. The lowest BCUT2D eigenvalue weighted by molar-refractivity contribution is 0.0704. The molecule has 2 aliphatic heterocycles. The van der Waals surface area contributed by atoms with E-state index >= 15 is 0 Å². The fourth-order valence-corrected chi connectivity index (χ4v) is 4.37. The lowest BCUT2D eigenvalue weighted by atomic mass is 9.91. The molecule has 27 heavy (non-hydrogen) atoms. The number of rotatable bonds is 3. The van der Waals surface area contributed by atoms with Gasteiger partial charge in [0.25, 0.3) is 11.5 Å². The average molecular weight is 369 g/mol. The Morgan fingerprint density at radius 3 is 2.81 bits per heavy atom. The number of carbonyl (C=O) groups is 1. The Balaban J connectivity index is 1.60. The molecule has 0 unspecified atom stereocenters. The Bertz CT molecular complexity index is 927. The molecule has 144 valence electrons. The van der Waals surface area contributed by atoms with E-state index in [0.29, 0.717) is 12.1 Å². The van der Waals surface area contributed by atoms with Crippen LogP contribution in [0.25, 0.3) is 0 Å². The highest BCUT2D eigenvalue weighted by Gasteiger charge is 2.31. The SMILES string of the molecule is Cc1c([C@H]2CCCN(C(=O)c3cnn(C(C)C)c3)C2)n2c(nc1=O)CCC2. The summed E-state index contributed by atoms with van der Waals surface area (Å²) in [4.78, 5) is 31.5. The van der Waals surface area contributed by atoms with Gasteiger partial charge in [-0.1, -0.05) is 0 Å². The number of aromatic nitrogens is 4. The third-order valence-corrected chi connectivity index (χ3v) is 5.79. The monoisotopic (exact) mass is 369 g/mol. The molecule has 0 N–H and O–H groups in total. The van der Waals surface area contributed by atoms with Crippen LogP contribution in [0.1, 0.15) is 72.5 Å². The van der Waals surface area contributed by atoms with Gasteiger partial charge in [0.05, 0.1) is 11.8 Å². The Hall–Kier alpha value is -2.44. The molecule has 4 heterocycles. The fraction of sp³-hybridized carbons (Fsp3) is 0.600. The van der Waals surface area contributed by atoms with Gasteiger partial charge in [0.1, 0.15) is 5.82 Å². The number of hydrogen-bond acceptors (Lipinski definition) is 4. The van der Waals surface area contributed by atoms with Crippen molar-refractivity contribution in [2.45, 2.75) is 65.0 Å². The Morgan fingerprint density at radius 1 is 1.26 bits per heavy atom. The van der Waals surface area contributed by atoms with E-state index in [0.717, 1.165) is 55.9 Å². The zero-order chi connectivity index (χ0) is 19.1. The zero-order valence-electron chi connectivity index (χ0n) is 16.3. The van der Waals surface area contributed by atoms with Gasteiger partial charge in [0.2, 0.25) is 0 Å². The second-order valence-electron chi connectivity index (χ2n) is 7.99. The van der Waals surface area contributed by atoms with Crippen LogP contribution < -0.4 is 5.56 Å². The molecule has 4 rings (SSSR count). The van der Waals surface area contributed by atoms with Crippen molar-refractivity contribution in [1.29, 1.82) is 0 Å². The van der Waals surface area contributed by atoms with Crippen LogP contribution in [-0.2, 0) is 13.0 Å². The van der Waals surface area contributed by atoms with E-state index in [-0.39, 0.29) is 23.4 Å². The lowest BCUT2D eigenvalue weighted by Gasteiger charge is -2.34. The first-order chi connectivity index (χ1) is 13.0. The fourth-order valence-electron chi connectivity index (χ4n) is 4.37. The van der Waals surface area contributed by atoms with Crippen LogP contribution >= 0.6 is 0 Å². The number of amides is 1. The second-order valence-corrected chi connectivity index (χ2v) is 7.99. The van der Waals surface area contributed by atoms with Crippen molar-refractivity contribution >= 4 is 5.91 Å². The molecule has 7 nitrogen and oxygen atoms in total. The van der Waals surface area contributed by atoms with Gasteiger partial charge in [-0.25, -0.2) is 0 Å². The smallest absolute Gasteiger partial charge is 0.276 e. The van der Waals surface area contributed by atoms with Crippen LogP contribution in [0.3, 0.4) is 0 Å². The maximum Gasteiger partial charge on any atom is 0.276 e. The largest absolute Gasteiger partial charge is 0.338 e. The molecule has 2 aromatic heterocycles. The van der Waals surface area contributed by atoms with Crippen LogP contribution in [0, 0.1) is 6.92 Å². The first kappa shape index (κ1) is 17.9. The quantitative estimate of drug-likeness (QED) is 0.832. The predicted octanol–water partition coefficient (Wildman–Crippen LogP) is 2.30. The maximum atomic E-state index is 13.0. The normalized spacial score (nSPS) is 19.6. The molecule has 0 aromatic carbocycles. The Morgan fingerprint density at radius 2 is 2.07 bits per heavy atom. The van der Waals surface area contributed by atoms with Crippen molar-refractivity contribution < 1.29 is 4.79 Å². The number of aryl methyl sites for hydroxylation is 1. The van der Waals surface area contributed by atoms with E-state index in [4.69, 9.17) is 0 Å². The van der Waals surface area contributed by atoms with Crippen molar-refractivity contribution in [2.75, 3.05) is 13.1 Å². The lowest BCUT2D eigenvalue weighted by Crippen LogP contribution is -2.40. The van der Waals surface area contributed by atoms with Gasteiger partial charge in [0.15, 0.2) is 0 Å². The zero-order valence-corrected chi connectivity index (χ0v) is 16.3. The van der Waals surface area contributed by atoms with Gasteiger partial charge in [-0.2, -0.15) is 10.1 Å². The summed E-state index contributed by atoms with van der Waals surface area (Å²) in [5, 5.41) is 4.30. The molecule has 2 aliphatic rings. The molecule has 1 fully saturated rings. The van der Waals surface area contributed by atoms with Crippen LogP contribution in [-0.4, -0.2) is 43.2 Å². The summed E-state index contributed by atoms with van der Waals surface area (Å²) >= 11 is 0. The summed E-state index contributed by atoms with van der Waals surface area (Å²) in [5.41, 5.74) is 2.36. The molecule has 0 bridgehead atoms. The first-order valence-electron chi connectivity index (χ1n) is 9.89. The maximum absolute atomic E-state index is 13.0. The first-order valence-corrected chi connectivity index (χ1v) is 9.89. The van der Waals surface area contributed by atoms with Crippen molar-refractivity contribution in [3.05, 3.63) is 45.4 Å². The summed E-state index contributed by atoms with van der Waals surface area (Å²) < 4.78 is 4.04. The summed E-state index contributed by atoms with van der Waals surface area (Å²) in [6.07, 6.45) is 7.33. The second kappa shape index (κ2) is 6.94. The highest BCUT2D eigenvalue weighted by atomic mass is 16.2. The molecular formula is C20H27N5O2. The van der Waals surface area contributed by atoms with E-state index in [1.807, 2.05) is 36.5 Å². The number of likely N-dealkylation sites (tertiary alicyclic amines) is 1. The van der Waals surface area contributed by atoms with Crippen molar-refractivity contribution in [3.63, 3.8) is 0 Å². The average Bonchev–Trinajstić information content (AvgIpc) is 3.31. The van der Waals surface area contributed by atoms with E-state index in [9.17, 15) is 9.59 Å².